The Balaban J connectivity index is 2.00. The van der Waals surface area contributed by atoms with E-state index in [0.717, 1.165) is 30.3 Å². The summed E-state index contributed by atoms with van der Waals surface area (Å²) >= 11 is 5.99. The van der Waals surface area contributed by atoms with Gasteiger partial charge in [0, 0.05) is 17.7 Å². The van der Waals surface area contributed by atoms with Crippen LogP contribution in [-0.2, 0) is 6.18 Å². The molecule has 0 saturated heterocycles. The molecule has 3 rings (SSSR count). The molecule has 0 unspecified atom stereocenters. The average molecular weight is 507 g/mol. The zero-order valence-electron chi connectivity index (χ0n) is 17.3. The summed E-state index contributed by atoms with van der Waals surface area (Å²) in [6, 6.07) is 8.65. The third kappa shape index (κ3) is 6.87. The van der Waals surface area contributed by atoms with Crippen molar-refractivity contribution in [1.29, 1.82) is 0 Å². The molecule has 3 N–H and O–H groups in total. The predicted molar refractivity (Wildman–Crippen MR) is 114 cm³/mol. The zero-order chi connectivity index (χ0) is 25.1. The van der Waals surface area contributed by atoms with E-state index in [-0.39, 0.29) is 40.3 Å². The lowest BCUT2D eigenvalue weighted by Crippen LogP contribution is -2.21. The Morgan fingerprint density at radius 3 is 2.38 bits per heavy atom. The quantitative estimate of drug-likeness (QED) is 0.329. The molecular weight excluding hydrogens is 490 g/mol. The van der Waals surface area contributed by atoms with E-state index in [1.54, 1.807) is 6.92 Å². The van der Waals surface area contributed by atoms with Gasteiger partial charge in [-0.25, -0.2) is 4.98 Å². The Morgan fingerprint density at radius 1 is 1.03 bits per heavy atom. The Labute approximate surface area is 194 Å². The Bertz CT molecular complexity index is 1160. The van der Waals surface area contributed by atoms with Crippen LogP contribution in [0.2, 0.25) is 5.02 Å². The molecule has 0 radical (unpaired) electrons. The van der Waals surface area contributed by atoms with Gasteiger partial charge in [-0.05, 0) is 37.3 Å². The van der Waals surface area contributed by atoms with E-state index < -0.39 is 29.9 Å². The lowest BCUT2D eigenvalue weighted by Gasteiger charge is -2.16. The summed E-state index contributed by atoms with van der Waals surface area (Å²) in [7, 11) is 0. The fourth-order valence-electron chi connectivity index (χ4n) is 2.77. The maximum absolute atomic E-state index is 12.9. The van der Waals surface area contributed by atoms with E-state index in [1.807, 2.05) is 0 Å². The zero-order valence-corrected chi connectivity index (χ0v) is 18.1. The van der Waals surface area contributed by atoms with Gasteiger partial charge >= 0.3 is 12.5 Å². The third-order valence-corrected chi connectivity index (χ3v) is 4.61. The summed E-state index contributed by atoms with van der Waals surface area (Å²) in [5.41, 5.74) is -0.423. The molecule has 0 fully saturated rings. The fourth-order valence-corrected chi connectivity index (χ4v) is 3.00. The first kappa shape index (κ1) is 25.4. The normalized spacial score (nSPS) is 12.9. The van der Waals surface area contributed by atoms with Crippen LogP contribution >= 0.6 is 11.6 Å². The Kier molecular flexibility index (Phi) is 7.41. The van der Waals surface area contributed by atoms with Gasteiger partial charge < -0.3 is 20.5 Å². The van der Waals surface area contributed by atoms with Gasteiger partial charge in [0.2, 0.25) is 5.95 Å². The first-order chi connectivity index (χ1) is 15.8. The largest absolute Gasteiger partial charge is 0.573 e. The van der Waals surface area contributed by atoms with E-state index in [2.05, 4.69) is 25.3 Å². The topological polar surface area (TPSA) is 79.3 Å². The second kappa shape index (κ2) is 9.94. The molecule has 34 heavy (non-hydrogen) atoms. The van der Waals surface area contributed by atoms with Crippen molar-refractivity contribution in [1.82, 2.24) is 9.97 Å². The summed E-state index contributed by atoms with van der Waals surface area (Å²) < 4.78 is 80.4. The van der Waals surface area contributed by atoms with E-state index in [9.17, 15) is 31.4 Å². The summed E-state index contributed by atoms with van der Waals surface area (Å²) in [5, 5.41) is 14.7. The summed E-state index contributed by atoms with van der Waals surface area (Å²) in [6.45, 7) is 1.36. The van der Waals surface area contributed by atoms with Crippen LogP contribution in [0.1, 0.15) is 12.5 Å². The third-order valence-electron chi connectivity index (χ3n) is 4.30. The van der Waals surface area contributed by atoms with Crippen molar-refractivity contribution < 1.29 is 36.2 Å². The molecule has 0 aliphatic carbocycles. The molecule has 1 atom stereocenters. The van der Waals surface area contributed by atoms with E-state index in [1.165, 1.54) is 18.2 Å². The number of aromatic nitrogens is 2. The van der Waals surface area contributed by atoms with Gasteiger partial charge in [-0.3, -0.25) is 0 Å². The van der Waals surface area contributed by atoms with Crippen molar-refractivity contribution in [2.24, 2.45) is 0 Å². The van der Waals surface area contributed by atoms with Crippen LogP contribution < -0.4 is 15.4 Å². The van der Waals surface area contributed by atoms with Crippen LogP contribution in [0.15, 0.2) is 48.5 Å². The molecule has 2 aromatic carbocycles. The molecule has 1 heterocycles. The lowest BCUT2D eigenvalue weighted by atomic mass is 10.1. The van der Waals surface area contributed by atoms with Crippen LogP contribution in [0.25, 0.3) is 11.3 Å². The first-order valence-corrected chi connectivity index (χ1v) is 9.98. The maximum atomic E-state index is 12.9. The van der Waals surface area contributed by atoms with Gasteiger partial charge in [-0.1, -0.05) is 23.7 Å². The number of benzene rings is 2. The summed E-state index contributed by atoms with van der Waals surface area (Å²) in [6.07, 6.45) is -9.47. The second-order valence-electron chi connectivity index (χ2n) is 7.08. The summed E-state index contributed by atoms with van der Waals surface area (Å²) in [4.78, 5) is 8.45. The number of nitrogens with one attached hydrogen (secondary N) is 2. The number of nitrogens with zero attached hydrogens (tertiary/aromatic N) is 2. The van der Waals surface area contributed by atoms with Crippen LogP contribution in [0, 0.1) is 0 Å². The predicted octanol–water partition coefficient (Wildman–Crippen LogP) is 6.25. The number of hydrogen-bond donors (Lipinski definition) is 3. The Morgan fingerprint density at radius 2 is 1.76 bits per heavy atom. The molecule has 0 saturated carbocycles. The molecule has 13 heteroatoms. The number of aliphatic hydroxyl groups excluding tert-OH is 1. The fraction of sp³-hybridized carbons (Fsp3) is 0.238. The number of anilines is 3. The number of aliphatic hydroxyl groups is 1. The molecule has 1 aromatic heterocycles. The molecule has 0 amide bonds. The highest BCUT2D eigenvalue weighted by Gasteiger charge is 2.32. The number of halogens is 7. The van der Waals surface area contributed by atoms with Gasteiger partial charge in [-0.2, -0.15) is 18.2 Å². The van der Waals surface area contributed by atoms with Crippen molar-refractivity contribution in [2.45, 2.75) is 25.5 Å². The van der Waals surface area contributed by atoms with E-state index >= 15 is 0 Å². The van der Waals surface area contributed by atoms with Crippen molar-refractivity contribution in [3.05, 3.63) is 59.1 Å². The SMILES string of the molecule is C[C@@H](CO)Nc1nc(Nc2ccc(C(F)(F)F)cc2Cl)cc(-c2cccc(OC(F)(F)F)c2)n1. The molecule has 182 valence electrons. The number of hydrogen-bond acceptors (Lipinski definition) is 6. The van der Waals surface area contributed by atoms with Crippen LogP contribution in [0.5, 0.6) is 5.75 Å². The highest BCUT2D eigenvalue weighted by Crippen LogP contribution is 2.35. The number of rotatable bonds is 7. The molecule has 0 aliphatic heterocycles. The minimum absolute atomic E-state index is 0.00623. The molecule has 6 nitrogen and oxygen atoms in total. The highest BCUT2D eigenvalue weighted by molar-refractivity contribution is 6.33. The molecule has 0 spiro atoms. The second-order valence-corrected chi connectivity index (χ2v) is 7.49. The number of alkyl halides is 6. The van der Waals surface area contributed by atoms with Crippen LogP contribution in [-0.4, -0.2) is 34.1 Å². The van der Waals surface area contributed by atoms with Crippen molar-refractivity contribution in [3.8, 4) is 17.0 Å². The molecule has 0 bridgehead atoms. The first-order valence-electron chi connectivity index (χ1n) is 9.60. The average Bonchev–Trinajstić information content (AvgIpc) is 2.73. The van der Waals surface area contributed by atoms with Crippen molar-refractivity contribution in [3.63, 3.8) is 0 Å². The van der Waals surface area contributed by atoms with Gasteiger partial charge in [-0.15, -0.1) is 13.2 Å². The molecule has 0 aliphatic rings. The number of ether oxygens (including phenoxy) is 1. The maximum Gasteiger partial charge on any atom is 0.573 e. The van der Waals surface area contributed by atoms with Gasteiger partial charge in [0.05, 0.1) is 28.6 Å². The monoisotopic (exact) mass is 506 g/mol. The van der Waals surface area contributed by atoms with Gasteiger partial charge in [0.25, 0.3) is 0 Å². The van der Waals surface area contributed by atoms with E-state index in [4.69, 9.17) is 11.6 Å². The highest BCUT2D eigenvalue weighted by atomic mass is 35.5. The van der Waals surface area contributed by atoms with Gasteiger partial charge in [0.1, 0.15) is 11.6 Å². The Hall–Kier alpha value is -3.25. The molecule has 3 aromatic rings. The van der Waals surface area contributed by atoms with Crippen LogP contribution in [0.3, 0.4) is 0 Å². The molecular formula is C21H17ClF6N4O2. The summed E-state index contributed by atoms with van der Waals surface area (Å²) in [5.74, 6) is -0.379. The minimum Gasteiger partial charge on any atom is -0.406 e. The standard InChI is InChI=1S/C21H17ClF6N4O2/c1-11(10-33)29-19-31-17(12-3-2-4-14(7-12)34-21(26,27)28)9-18(32-19)30-16-6-5-13(8-15(16)22)20(23,24)25/h2-9,11,33H,10H2,1H3,(H2,29,30,31,32)/t11-/m0/s1. The smallest absolute Gasteiger partial charge is 0.406 e. The van der Waals surface area contributed by atoms with Crippen molar-refractivity contribution in [2.75, 3.05) is 17.2 Å². The van der Waals surface area contributed by atoms with Crippen LogP contribution in [0.4, 0.5) is 43.8 Å². The van der Waals surface area contributed by atoms with E-state index in [0.29, 0.717) is 0 Å². The van der Waals surface area contributed by atoms with Crippen molar-refractivity contribution >= 4 is 29.1 Å². The van der Waals surface area contributed by atoms with Gasteiger partial charge in [0.15, 0.2) is 0 Å². The lowest BCUT2D eigenvalue weighted by molar-refractivity contribution is -0.274. The minimum atomic E-state index is -4.89.